The molecular weight excluding hydrogens is 365 g/mol. The van der Waals surface area contributed by atoms with Gasteiger partial charge in [0, 0.05) is 0 Å². The van der Waals surface area contributed by atoms with Crippen LogP contribution in [0.1, 0.15) is 16.4 Å². The Hall–Kier alpha value is -2.02. The van der Waals surface area contributed by atoms with Crippen molar-refractivity contribution in [3.05, 3.63) is 51.0 Å². The highest BCUT2D eigenvalue weighted by Crippen LogP contribution is 2.34. The summed E-state index contributed by atoms with van der Waals surface area (Å²) in [5.74, 6) is -0.578. The van der Waals surface area contributed by atoms with Gasteiger partial charge in [-0.15, -0.1) is 0 Å². The zero-order chi connectivity index (χ0) is 16.6. The summed E-state index contributed by atoms with van der Waals surface area (Å²) in [7, 11) is 0. The summed E-state index contributed by atoms with van der Waals surface area (Å²) in [6, 6.07) is 7.17. The molecule has 0 fully saturated rings. The average molecular weight is 373 g/mol. The van der Waals surface area contributed by atoms with Crippen LogP contribution in [0.3, 0.4) is 0 Å². The number of fused-ring (bicyclic) bond motifs is 1. The Balaban J connectivity index is 1.79. The Morgan fingerprint density at radius 3 is 2.65 bits per heavy atom. The van der Waals surface area contributed by atoms with Crippen molar-refractivity contribution < 1.29 is 13.9 Å². The average Bonchev–Trinajstić information content (AvgIpc) is 2.97. The molecule has 2 heterocycles. The van der Waals surface area contributed by atoms with Crippen LogP contribution < -0.4 is 5.73 Å². The molecule has 0 saturated carbocycles. The first kappa shape index (κ1) is 15.9. The first-order chi connectivity index (χ1) is 11.0. The Labute approximate surface area is 145 Å². The van der Waals surface area contributed by atoms with E-state index in [2.05, 4.69) is 9.97 Å². The van der Waals surface area contributed by atoms with Crippen LogP contribution in [0.15, 0.2) is 28.7 Å². The molecule has 0 saturated heterocycles. The normalized spacial score (nSPS) is 10.9. The minimum absolute atomic E-state index is 0.0211. The molecule has 0 aliphatic carbocycles. The van der Waals surface area contributed by atoms with Gasteiger partial charge >= 0.3 is 5.97 Å². The van der Waals surface area contributed by atoms with Gasteiger partial charge in [0.25, 0.3) is 0 Å². The Bertz CT molecular complexity index is 878. The summed E-state index contributed by atoms with van der Waals surface area (Å²) in [5, 5.41) is -0.281. The van der Waals surface area contributed by atoms with Crippen LogP contribution in [0.4, 0.5) is 5.69 Å². The van der Waals surface area contributed by atoms with Gasteiger partial charge in [-0.25, -0.2) is 14.8 Å². The third-order valence-electron chi connectivity index (χ3n) is 2.93. The molecule has 0 aliphatic heterocycles. The molecule has 3 aromatic rings. The third kappa shape index (κ3) is 3.06. The number of ether oxygens (including phenoxy) is 1. The monoisotopic (exact) mass is 371 g/mol. The number of para-hydroxylation sites is 2. The molecule has 0 spiro atoms. The number of nitrogens with zero attached hydrogens (tertiary/aromatic N) is 2. The second kappa shape index (κ2) is 6.23. The summed E-state index contributed by atoms with van der Waals surface area (Å²) < 4.78 is 10.5. The number of anilines is 1. The zero-order valence-electron chi connectivity index (χ0n) is 11.3. The van der Waals surface area contributed by atoms with Crippen LogP contribution in [0.2, 0.25) is 15.2 Å². The number of hydrogen-bond donors (Lipinski definition) is 1. The van der Waals surface area contributed by atoms with E-state index >= 15 is 0 Å². The smallest absolute Gasteiger partial charge is 0.359 e. The number of hydrogen-bond acceptors (Lipinski definition) is 6. The van der Waals surface area contributed by atoms with Gasteiger partial charge in [0.1, 0.15) is 10.5 Å². The molecule has 0 amide bonds. The van der Waals surface area contributed by atoms with Crippen LogP contribution in [-0.4, -0.2) is 15.9 Å². The Morgan fingerprint density at radius 2 is 1.91 bits per heavy atom. The number of aromatic nitrogens is 2. The first-order valence-corrected chi connectivity index (χ1v) is 7.42. The number of carbonyl (C=O) groups is 1. The number of carbonyl (C=O) groups excluding carboxylic acids is 1. The molecule has 2 aromatic heterocycles. The molecule has 118 valence electrons. The molecule has 0 radical (unpaired) electrons. The lowest BCUT2D eigenvalue weighted by Gasteiger charge is -2.08. The highest BCUT2D eigenvalue weighted by atomic mass is 35.5. The Morgan fingerprint density at radius 1 is 1.17 bits per heavy atom. The number of rotatable bonds is 3. The minimum atomic E-state index is -0.817. The summed E-state index contributed by atoms with van der Waals surface area (Å²) in [6.45, 7) is -0.189. The van der Waals surface area contributed by atoms with E-state index in [1.54, 1.807) is 12.1 Å². The van der Waals surface area contributed by atoms with Crippen LogP contribution in [0.5, 0.6) is 0 Å². The SMILES string of the molecule is Nc1c(Cl)c(Cl)nc(C(=O)OCc2nc3ccccc3o2)c1Cl. The number of pyridine rings is 1. The standard InChI is InChI=1S/C14H8Cl3N3O3/c15-9-11(18)10(16)13(17)20-12(9)14(21)22-5-8-19-6-3-1-2-4-7(6)23-8/h1-4H,5H2,(H2,18,20). The maximum Gasteiger partial charge on any atom is 0.359 e. The molecule has 2 N–H and O–H groups in total. The summed E-state index contributed by atoms with van der Waals surface area (Å²) in [6.07, 6.45) is 0. The summed E-state index contributed by atoms with van der Waals surface area (Å²) >= 11 is 17.5. The van der Waals surface area contributed by atoms with E-state index in [1.165, 1.54) is 0 Å². The number of nitrogens with two attached hydrogens (primary N) is 1. The predicted molar refractivity (Wildman–Crippen MR) is 86.8 cm³/mol. The molecule has 0 aliphatic rings. The molecule has 23 heavy (non-hydrogen) atoms. The lowest BCUT2D eigenvalue weighted by atomic mass is 10.3. The van der Waals surface area contributed by atoms with Crippen molar-refractivity contribution in [1.82, 2.24) is 9.97 Å². The van der Waals surface area contributed by atoms with Gasteiger partial charge in [-0.2, -0.15) is 0 Å². The van der Waals surface area contributed by atoms with Gasteiger partial charge in [-0.3, -0.25) is 0 Å². The van der Waals surface area contributed by atoms with E-state index in [4.69, 9.17) is 49.7 Å². The predicted octanol–water partition coefficient (Wildman–Crippen LogP) is 4.12. The van der Waals surface area contributed by atoms with Crippen LogP contribution in [-0.2, 0) is 11.3 Å². The molecule has 0 atom stereocenters. The van der Waals surface area contributed by atoms with Gasteiger partial charge in [-0.05, 0) is 12.1 Å². The van der Waals surface area contributed by atoms with Gasteiger partial charge in [0.05, 0.1) is 10.7 Å². The van der Waals surface area contributed by atoms with Crippen molar-refractivity contribution in [3.63, 3.8) is 0 Å². The van der Waals surface area contributed by atoms with Gasteiger partial charge in [0.15, 0.2) is 23.0 Å². The molecule has 9 heteroatoms. The Kier molecular flexibility index (Phi) is 4.30. The van der Waals surface area contributed by atoms with Crippen molar-refractivity contribution in [1.29, 1.82) is 0 Å². The fourth-order valence-electron chi connectivity index (χ4n) is 1.84. The lowest BCUT2D eigenvalue weighted by molar-refractivity contribution is 0.0433. The topological polar surface area (TPSA) is 91.2 Å². The van der Waals surface area contributed by atoms with Crippen LogP contribution >= 0.6 is 34.8 Å². The van der Waals surface area contributed by atoms with E-state index in [0.29, 0.717) is 11.1 Å². The number of oxazole rings is 1. The molecule has 6 nitrogen and oxygen atoms in total. The molecular formula is C14H8Cl3N3O3. The van der Waals surface area contributed by atoms with Crippen molar-refractivity contribution in [3.8, 4) is 0 Å². The maximum absolute atomic E-state index is 12.1. The van der Waals surface area contributed by atoms with Gasteiger partial charge < -0.3 is 14.9 Å². The summed E-state index contributed by atoms with van der Waals surface area (Å²) in [4.78, 5) is 20.0. The van der Waals surface area contributed by atoms with Crippen LogP contribution in [0.25, 0.3) is 11.1 Å². The molecule has 1 aromatic carbocycles. The largest absolute Gasteiger partial charge is 0.451 e. The third-order valence-corrected chi connectivity index (χ3v) is 4.07. The number of esters is 1. The number of nitrogen functional groups attached to an aromatic ring is 1. The number of halogens is 3. The first-order valence-electron chi connectivity index (χ1n) is 6.29. The number of benzene rings is 1. The van der Waals surface area contributed by atoms with E-state index in [9.17, 15) is 4.79 Å². The quantitative estimate of drug-likeness (QED) is 0.549. The zero-order valence-corrected chi connectivity index (χ0v) is 13.6. The molecule has 3 rings (SSSR count). The fourth-order valence-corrected chi connectivity index (χ4v) is 2.43. The lowest BCUT2D eigenvalue weighted by Crippen LogP contribution is -2.10. The van der Waals surface area contributed by atoms with Crippen molar-refractivity contribution >= 4 is 57.6 Å². The molecule has 0 unspecified atom stereocenters. The van der Waals surface area contributed by atoms with Crippen molar-refractivity contribution in [2.75, 3.05) is 5.73 Å². The highest BCUT2D eigenvalue weighted by Gasteiger charge is 2.21. The van der Waals surface area contributed by atoms with E-state index in [-0.39, 0.29) is 39.1 Å². The van der Waals surface area contributed by atoms with Crippen LogP contribution in [0, 0.1) is 0 Å². The van der Waals surface area contributed by atoms with Gasteiger partial charge in [0.2, 0.25) is 5.89 Å². The second-order valence-corrected chi connectivity index (χ2v) is 5.56. The van der Waals surface area contributed by atoms with Gasteiger partial charge in [-0.1, -0.05) is 46.9 Å². The molecule has 0 bridgehead atoms. The van der Waals surface area contributed by atoms with E-state index < -0.39 is 5.97 Å². The van der Waals surface area contributed by atoms with E-state index in [0.717, 1.165) is 0 Å². The maximum atomic E-state index is 12.1. The van der Waals surface area contributed by atoms with E-state index in [1.807, 2.05) is 12.1 Å². The fraction of sp³-hybridized carbons (Fsp3) is 0.0714. The minimum Gasteiger partial charge on any atom is -0.451 e. The van der Waals surface area contributed by atoms with Crippen molar-refractivity contribution in [2.24, 2.45) is 0 Å². The highest BCUT2D eigenvalue weighted by molar-refractivity contribution is 6.46. The van der Waals surface area contributed by atoms with Crippen molar-refractivity contribution in [2.45, 2.75) is 6.61 Å². The summed E-state index contributed by atoms with van der Waals surface area (Å²) in [5.41, 5.74) is 6.64. The second-order valence-electron chi connectivity index (χ2n) is 4.44.